The summed E-state index contributed by atoms with van der Waals surface area (Å²) in [5.74, 6) is 2.34. The van der Waals surface area contributed by atoms with E-state index in [9.17, 15) is 8.42 Å². The maximum absolute atomic E-state index is 12.1. The van der Waals surface area contributed by atoms with Crippen LogP contribution >= 0.6 is 0 Å². The normalized spacial score (nSPS) is 38.0. The summed E-state index contributed by atoms with van der Waals surface area (Å²) >= 11 is 0. The van der Waals surface area contributed by atoms with Gasteiger partial charge in [0.25, 0.3) is 0 Å². The molecular weight excluding hydrogens is 234 g/mol. The molecule has 0 aromatic rings. The number of nitrogens with one attached hydrogen (secondary N) is 1. The minimum atomic E-state index is -3.01. The van der Waals surface area contributed by atoms with E-state index in [-0.39, 0.29) is 5.25 Å². The van der Waals surface area contributed by atoms with Crippen molar-refractivity contribution in [3.8, 4) is 0 Å². The van der Waals surface area contributed by atoms with Crippen LogP contribution in [0.1, 0.15) is 51.4 Å². The van der Waals surface area contributed by atoms with Gasteiger partial charge >= 0.3 is 0 Å². The summed E-state index contributed by atoms with van der Waals surface area (Å²) in [7, 11) is -3.01. The molecule has 3 rings (SSSR count). The molecule has 1 N–H and O–H groups in total. The predicted octanol–water partition coefficient (Wildman–Crippen LogP) is 2.28. The Morgan fingerprint density at radius 3 is 2.35 bits per heavy atom. The van der Waals surface area contributed by atoms with Crippen molar-refractivity contribution in [2.75, 3.05) is 6.54 Å². The summed E-state index contributed by atoms with van der Waals surface area (Å²) in [6, 6.07) is 0. The quantitative estimate of drug-likeness (QED) is 0.840. The molecule has 0 aromatic carbocycles. The first-order chi connectivity index (χ1) is 8.15. The molecule has 2 bridgehead atoms. The van der Waals surface area contributed by atoms with Gasteiger partial charge in [0.2, 0.25) is 10.0 Å². The monoisotopic (exact) mass is 257 g/mol. The van der Waals surface area contributed by atoms with Crippen LogP contribution < -0.4 is 4.72 Å². The highest BCUT2D eigenvalue weighted by atomic mass is 32.2. The van der Waals surface area contributed by atoms with Crippen LogP contribution in [0.25, 0.3) is 0 Å². The van der Waals surface area contributed by atoms with E-state index >= 15 is 0 Å². The summed E-state index contributed by atoms with van der Waals surface area (Å²) in [4.78, 5) is 0. The van der Waals surface area contributed by atoms with Crippen molar-refractivity contribution in [1.82, 2.24) is 4.72 Å². The molecular formula is C13H23NO2S. The minimum Gasteiger partial charge on any atom is -0.215 e. The van der Waals surface area contributed by atoms with E-state index in [2.05, 4.69) is 4.72 Å². The molecule has 3 atom stereocenters. The molecule has 3 saturated carbocycles. The molecule has 0 amide bonds. The largest absolute Gasteiger partial charge is 0.215 e. The summed E-state index contributed by atoms with van der Waals surface area (Å²) in [6.07, 6.45) is 9.24. The third-order valence-electron chi connectivity index (χ3n) is 5.17. The Morgan fingerprint density at radius 2 is 1.76 bits per heavy atom. The predicted molar refractivity (Wildman–Crippen MR) is 68.1 cm³/mol. The highest BCUT2D eigenvalue weighted by molar-refractivity contribution is 7.90. The maximum Gasteiger partial charge on any atom is 0.214 e. The van der Waals surface area contributed by atoms with Gasteiger partial charge in [0.15, 0.2) is 0 Å². The summed E-state index contributed by atoms with van der Waals surface area (Å²) in [5.41, 5.74) is 0. The maximum atomic E-state index is 12.1. The average Bonchev–Trinajstić information content (AvgIpc) is 3.02. The van der Waals surface area contributed by atoms with Gasteiger partial charge in [-0.3, -0.25) is 0 Å². The van der Waals surface area contributed by atoms with Crippen LogP contribution in [0.15, 0.2) is 0 Å². The second-order valence-corrected chi connectivity index (χ2v) is 8.28. The number of hydrogen-bond donors (Lipinski definition) is 1. The molecule has 0 spiro atoms. The third-order valence-corrected chi connectivity index (χ3v) is 7.09. The highest BCUT2D eigenvalue weighted by Crippen LogP contribution is 2.48. The lowest BCUT2D eigenvalue weighted by molar-refractivity contribution is 0.332. The molecule has 0 saturated heterocycles. The smallest absolute Gasteiger partial charge is 0.214 e. The van der Waals surface area contributed by atoms with Crippen molar-refractivity contribution in [1.29, 1.82) is 0 Å². The molecule has 0 aromatic heterocycles. The number of fused-ring (bicyclic) bond motifs is 2. The van der Waals surface area contributed by atoms with Crippen LogP contribution in [-0.2, 0) is 10.0 Å². The van der Waals surface area contributed by atoms with Crippen molar-refractivity contribution in [3.63, 3.8) is 0 Å². The van der Waals surface area contributed by atoms with E-state index in [0.717, 1.165) is 37.5 Å². The van der Waals surface area contributed by atoms with Gasteiger partial charge in [-0.15, -0.1) is 0 Å². The van der Waals surface area contributed by atoms with Crippen LogP contribution in [0.5, 0.6) is 0 Å². The van der Waals surface area contributed by atoms with Crippen LogP contribution in [0, 0.1) is 17.8 Å². The first-order valence-corrected chi connectivity index (χ1v) is 8.68. The van der Waals surface area contributed by atoms with Gasteiger partial charge in [0.05, 0.1) is 5.25 Å². The van der Waals surface area contributed by atoms with E-state index in [1.807, 2.05) is 0 Å². The Balaban J connectivity index is 1.53. The number of hydrogen-bond acceptors (Lipinski definition) is 2. The van der Waals surface area contributed by atoms with Crippen molar-refractivity contribution in [2.45, 2.75) is 56.6 Å². The van der Waals surface area contributed by atoms with Gasteiger partial charge in [-0.2, -0.15) is 0 Å². The van der Waals surface area contributed by atoms with Crippen molar-refractivity contribution >= 4 is 10.0 Å². The van der Waals surface area contributed by atoms with Gasteiger partial charge in [-0.1, -0.05) is 19.3 Å². The van der Waals surface area contributed by atoms with Gasteiger partial charge in [-0.25, -0.2) is 13.1 Å². The van der Waals surface area contributed by atoms with Crippen molar-refractivity contribution in [2.24, 2.45) is 17.8 Å². The van der Waals surface area contributed by atoms with Crippen molar-refractivity contribution < 1.29 is 8.42 Å². The topological polar surface area (TPSA) is 46.2 Å². The molecule has 3 aliphatic carbocycles. The first-order valence-electron chi connectivity index (χ1n) is 7.13. The fraction of sp³-hybridized carbons (Fsp3) is 1.00. The zero-order valence-electron chi connectivity index (χ0n) is 10.4. The molecule has 0 aliphatic heterocycles. The zero-order chi connectivity index (χ0) is 11.9. The summed E-state index contributed by atoms with van der Waals surface area (Å²) in [5, 5.41) is -0.0962. The van der Waals surface area contributed by atoms with E-state index in [0.29, 0.717) is 12.5 Å². The molecule has 3 nitrogen and oxygen atoms in total. The van der Waals surface area contributed by atoms with Gasteiger partial charge in [-0.05, 0) is 49.9 Å². The molecule has 3 aliphatic rings. The van der Waals surface area contributed by atoms with Gasteiger partial charge < -0.3 is 0 Å². The van der Waals surface area contributed by atoms with Crippen LogP contribution in [0.4, 0.5) is 0 Å². The Labute approximate surface area is 104 Å². The van der Waals surface area contributed by atoms with Gasteiger partial charge in [0, 0.05) is 6.54 Å². The van der Waals surface area contributed by atoms with Crippen LogP contribution in [0.2, 0.25) is 0 Å². The molecule has 3 unspecified atom stereocenters. The Bertz CT molecular complexity index is 373. The summed E-state index contributed by atoms with van der Waals surface area (Å²) < 4.78 is 27.1. The lowest BCUT2D eigenvalue weighted by atomic mass is 9.89. The number of sulfonamides is 1. The fourth-order valence-corrected chi connectivity index (χ4v) is 5.80. The minimum absolute atomic E-state index is 0.0962. The summed E-state index contributed by atoms with van der Waals surface area (Å²) in [6.45, 7) is 0.708. The molecule has 0 heterocycles. The second kappa shape index (κ2) is 4.54. The highest BCUT2D eigenvalue weighted by Gasteiger charge is 2.40. The lowest BCUT2D eigenvalue weighted by Gasteiger charge is -2.22. The third kappa shape index (κ3) is 2.39. The molecule has 3 fully saturated rings. The Kier molecular flexibility index (Phi) is 3.20. The van der Waals surface area contributed by atoms with E-state index < -0.39 is 10.0 Å². The van der Waals surface area contributed by atoms with Crippen LogP contribution in [0.3, 0.4) is 0 Å². The second-order valence-electron chi connectivity index (χ2n) is 6.23. The molecule has 0 radical (unpaired) electrons. The van der Waals surface area contributed by atoms with E-state index in [1.54, 1.807) is 0 Å². The standard InChI is InChI=1S/C13H23NO2S/c15-17(16,13-3-1-2-4-13)14-9-12-8-10-5-6-11(12)7-10/h10-14H,1-9H2. The van der Waals surface area contributed by atoms with Gasteiger partial charge in [0.1, 0.15) is 0 Å². The fourth-order valence-electron chi connectivity index (χ4n) is 4.17. The van der Waals surface area contributed by atoms with E-state index in [4.69, 9.17) is 0 Å². The first kappa shape index (κ1) is 12.0. The molecule has 4 heteroatoms. The molecule has 98 valence electrons. The Hall–Kier alpha value is -0.0900. The van der Waals surface area contributed by atoms with E-state index in [1.165, 1.54) is 25.7 Å². The Morgan fingerprint density at radius 1 is 1.00 bits per heavy atom. The van der Waals surface area contributed by atoms with Crippen molar-refractivity contribution in [3.05, 3.63) is 0 Å². The lowest BCUT2D eigenvalue weighted by Crippen LogP contribution is -2.37. The zero-order valence-corrected chi connectivity index (χ0v) is 11.2. The SMILES string of the molecule is O=S(=O)(NCC1CC2CCC1C2)C1CCCC1. The van der Waals surface area contributed by atoms with Crippen LogP contribution in [-0.4, -0.2) is 20.2 Å². The number of rotatable bonds is 4. The average molecular weight is 257 g/mol. The molecule has 17 heavy (non-hydrogen) atoms.